The minimum atomic E-state index is -0.586. The molecule has 0 saturated carbocycles. The Balaban J connectivity index is 1.70. The molecule has 0 aliphatic heterocycles. The van der Waals surface area contributed by atoms with Gasteiger partial charge in [0.05, 0.1) is 12.2 Å². The summed E-state index contributed by atoms with van der Waals surface area (Å²) in [6.07, 6.45) is 0.674. The van der Waals surface area contributed by atoms with Crippen molar-refractivity contribution in [3.8, 4) is 0 Å². The summed E-state index contributed by atoms with van der Waals surface area (Å²) in [6.45, 7) is 3.35. The minimum Gasteiger partial charge on any atom is -0.389 e. The molecule has 6 heteroatoms. The molecule has 2 rings (SSSR count). The largest absolute Gasteiger partial charge is 0.389 e. The molecule has 2 atom stereocenters. The van der Waals surface area contributed by atoms with E-state index < -0.39 is 12.2 Å². The van der Waals surface area contributed by atoms with Crippen LogP contribution in [0.4, 0.5) is 11.4 Å². The fraction of sp³-hybridized carbons (Fsp3) is 0.364. The molecule has 4 N–H and O–H groups in total. The van der Waals surface area contributed by atoms with Crippen LogP contribution in [0.25, 0.3) is 0 Å². The summed E-state index contributed by atoms with van der Waals surface area (Å²) in [5, 5.41) is 24.8. The van der Waals surface area contributed by atoms with Crippen molar-refractivity contribution < 1.29 is 19.8 Å². The van der Waals surface area contributed by atoms with Gasteiger partial charge < -0.3 is 20.8 Å². The lowest BCUT2D eigenvalue weighted by atomic mass is 10.1. The Morgan fingerprint density at radius 2 is 1.18 bits per heavy atom. The Labute approximate surface area is 165 Å². The van der Waals surface area contributed by atoms with Gasteiger partial charge in [0, 0.05) is 24.2 Å². The second-order valence-electron chi connectivity index (χ2n) is 6.91. The second-order valence-corrected chi connectivity index (χ2v) is 6.91. The SMILES string of the molecule is C[C@@H](O)c1cccc(NC(=O)CCCCC(=O)Nc2cccc([C@@H](C)O)c2)c1. The van der Waals surface area contributed by atoms with E-state index in [-0.39, 0.29) is 11.8 Å². The van der Waals surface area contributed by atoms with Gasteiger partial charge in [-0.15, -0.1) is 0 Å². The van der Waals surface area contributed by atoms with Gasteiger partial charge in [-0.2, -0.15) is 0 Å². The number of anilines is 2. The number of carbonyl (C=O) groups is 2. The number of rotatable bonds is 9. The van der Waals surface area contributed by atoms with E-state index in [4.69, 9.17) is 0 Å². The molecule has 28 heavy (non-hydrogen) atoms. The first-order valence-corrected chi connectivity index (χ1v) is 9.51. The number of amides is 2. The molecule has 0 fully saturated rings. The van der Waals surface area contributed by atoms with Crippen LogP contribution in [0.1, 0.15) is 62.9 Å². The summed E-state index contributed by atoms with van der Waals surface area (Å²) in [5.41, 5.74) is 2.79. The predicted molar refractivity (Wildman–Crippen MR) is 110 cm³/mol. The van der Waals surface area contributed by atoms with Gasteiger partial charge >= 0.3 is 0 Å². The normalized spacial score (nSPS) is 12.9. The van der Waals surface area contributed by atoms with E-state index in [1.807, 2.05) is 0 Å². The van der Waals surface area contributed by atoms with Crippen LogP contribution in [0, 0.1) is 0 Å². The lowest BCUT2D eigenvalue weighted by Crippen LogP contribution is -2.13. The van der Waals surface area contributed by atoms with Crippen molar-refractivity contribution >= 4 is 23.2 Å². The van der Waals surface area contributed by atoms with Crippen molar-refractivity contribution in [2.45, 2.75) is 51.7 Å². The minimum absolute atomic E-state index is 0.118. The Kier molecular flexibility index (Phi) is 8.17. The van der Waals surface area contributed by atoms with E-state index in [0.717, 1.165) is 11.1 Å². The van der Waals surface area contributed by atoms with Gasteiger partial charge in [0.2, 0.25) is 11.8 Å². The average molecular weight is 384 g/mol. The molecular formula is C22H28N2O4. The zero-order valence-electron chi connectivity index (χ0n) is 16.3. The van der Waals surface area contributed by atoms with Gasteiger partial charge in [-0.1, -0.05) is 24.3 Å². The van der Waals surface area contributed by atoms with Gasteiger partial charge in [-0.25, -0.2) is 0 Å². The second kappa shape index (κ2) is 10.6. The van der Waals surface area contributed by atoms with Crippen LogP contribution in [0.5, 0.6) is 0 Å². The van der Waals surface area contributed by atoms with Crippen molar-refractivity contribution in [2.24, 2.45) is 0 Å². The predicted octanol–water partition coefficient (Wildman–Crippen LogP) is 3.93. The van der Waals surface area contributed by atoms with Gasteiger partial charge in [0.1, 0.15) is 0 Å². The van der Waals surface area contributed by atoms with Gasteiger partial charge in [-0.3, -0.25) is 9.59 Å². The molecule has 150 valence electrons. The highest BCUT2D eigenvalue weighted by Gasteiger charge is 2.08. The maximum Gasteiger partial charge on any atom is 0.224 e. The summed E-state index contributed by atoms with van der Waals surface area (Å²) < 4.78 is 0. The number of carbonyl (C=O) groups excluding carboxylic acids is 2. The molecule has 0 aliphatic carbocycles. The van der Waals surface area contributed by atoms with Crippen molar-refractivity contribution in [2.75, 3.05) is 10.6 Å². The Bertz CT molecular complexity index is 735. The van der Waals surface area contributed by atoms with E-state index in [9.17, 15) is 19.8 Å². The highest BCUT2D eigenvalue weighted by molar-refractivity contribution is 5.91. The fourth-order valence-corrected chi connectivity index (χ4v) is 2.77. The molecule has 0 unspecified atom stereocenters. The van der Waals surface area contributed by atoms with Crippen LogP contribution in [-0.4, -0.2) is 22.0 Å². The third kappa shape index (κ3) is 7.13. The third-order valence-electron chi connectivity index (χ3n) is 4.36. The summed E-state index contributed by atoms with van der Waals surface area (Å²) in [4.78, 5) is 24.1. The molecule has 0 saturated heterocycles. The average Bonchev–Trinajstić information content (AvgIpc) is 2.65. The molecule has 0 heterocycles. The zero-order chi connectivity index (χ0) is 20.5. The molecule has 2 amide bonds. The zero-order valence-corrected chi connectivity index (χ0v) is 16.3. The van der Waals surface area contributed by atoms with Crippen molar-refractivity contribution in [3.63, 3.8) is 0 Å². The highest BCUT2D eigenvalue weighted by Crippen LogP contribution is 2.18. The van der Waals surface area contributed by atoms with E-state index in [2.05, 4.69) is 10.6 Å². The van der Waals surface area contributed by atoms with Crippen molar-refractivity contribution in [1.82, 2.24) is 0 Å². The number of benzene rings is 2. The lowest BCUT2D eigenvalue weighted by molar-refractivity contribution is -0.118. The van der Waals surface area contributed by atoms with E-state index in [1.165, 1.54) is 0 Å². The highest BCUT2D eigenvalue weighted by atomic mass is 16.3. The van der Waals surface area contributed by atoms with Crippen LogP contribution in [-0.2, 0) is 9.59 Å². The number of unbranched alkanes of at least 4 members (excludes halogenated alkanes) is 1. The van der Waals surface area contributed by atoms with Gasteiger partial charge in [-0.05, 0) is 62.1 Å². The summed E-state index contributed by atoms with van der Waals surface area (Å²) in [5.74, 6) is -0.236. The molecule has 0 aliphatic rings. The number of aliphatic hydroxyl groups excluding tert-OH is 2. The molecule has 0 aromatic heterocycles. The molecule has 0 spiro atoms. The number of aliphatic hydroxyl groups is 2. The maximum atomic E-state index is 12.0. The monoisotopic (exact) mass is 384 g/mol. The topological polar surface area (TPSA) is 98.7 Å². The first kappa shape index (κ1) is 21.6. The Hall–Kier alpha value is -2.70. The smallest absolute Gasteiger partial charge is 0.224 e. The van der Waals surface area contributed by atoms with E-state index in [1.54, 1.807) is 62.4 Å². The molecular weight excluding hydrogens is 356 g/mol. The van der Waals surface area contributed by atoms with Crippen LogP contribution in [0.2, 0.25) is 0 Å². The standard InChI is InChI=1S/C22H28N2O4/c1-15(25)17-7-5-9-19(13-17)23-21(27)11-3-4-12-22(28)24-20-10-6-8-18(14-20)16(2)26/h5-10,13-16,25-26H,3-4,11-12H2,1-2H3,(H,23,27)(H,24,28)/t15-,16-/m1/s1. The van der Waals surface area contributed by atoms with Crippen LogP contribution >= 0.6 is 0 Å². The van der Waals surface area contributed by atoms with Crippen LogP contribution in [0.15, 0.2) is 48.5 Å². The summed E-state index contributed by atoms with van der Waals surface area (Å²) >= 11 is 0. The van der Waals surface area contributed by atoms with Crippen molar-refractivity contribution in [1.29, 1.82) is 0 Å². The Morgan fingerprint density at radius 3 is 1.54 bits per heavy atom. The third-order valence-corrected chi connectivity index (χ3v) is 4.36. The van der Waals surface area contributed by atoms with Gasteiger partial charge in [0.25, 0.3) is 0 Å². The number of hydrogen-bond acceptors (Lipinski definition) is 4. The first-order chi connectivity index (χ1) is 13.3. The number of nitrogens with one attached hydrogen (secondary N) is 2. The summed E-state index contributed by atoms with van der Waals surface area (Å²) in [6, 6.07) is 14.2. The Morgan fingerprint density at radius 1 is 0.786 bits per heavy atom. The van der Waals surface area contributed by atoms with E-state index >= 15 is 0 Å². The fourth-order valence-electron chi connectivity index (χ4n) is 2.77. The molecule has 0 bridgehead atoms. The first-order valence-electron chi connectivity index (χ1n) is 9.51. The quantitative estimate of drug-likeness (QED) is 0.492. The molecule has 2 aromatic carbocycles. The van der Waals surface area contributed by atoms with Gasteiger partial charge in [0.15, 0.2) is 0 Å². The molecule has 6 nitrogen and oxygen atoms in total. The van der Waals surface area contributed by atoms with Crippen LogP contribution < -0.4 is 10.6 Å². The summed E-state index contributed by atoms with van der Waals surface area (Å²) in [7, 11) is 0. The van der Waals surface area contributed by atoms with Crippen LogP contribution in [0.3, 0.4) is 0 Å². The maximum absolute atomic E-state index is 12.0. The molecule has 0 radical (unpaired) electrons. The van der Waals surface area contributed by atoms with Crippen molar-refractivity contribution in [3.05, 3.63) is 59.7 Å². The van der Waals surface area contributed by atoms with E-state index in [0.29, 0.717) is 37.1 Å². The molecule has 2 aromatic rings. The number of hydrogen-bond donors (Lipinski definition) is 4. The lowest BCUT2D eigenvalue weighted by Gasteiger charge is -2.10.